The van der Waals surface area contributed by atoms with Gasteiger partial charge in [0.05, 0.1) is 0 Å². The number of aromatic amines is 1. The second-order valence-corrected chi connectivity index (χ2v) is 4.15. The van der Waals surface area contributed by atoms with Crippen LogP contribution in [0.1, 0.15) is 31.2 Å². The van der Waals surface area contributed by atoms with Gasteiger partial charge in [-0.3, -0.25) is 0 Å². The van der Waals surface area contributed by atoms with E-state index in [4.69, 9.17) is 0 Å². The first-order valence-electron chi connectivity index (χ1n) is 5.27. The Balaban J connectivity index is 2.57. The highest BCUT2D eigenvalue weighted by molar-refractivity contribution is 5.61. The van der Waals surface area contributed by atoms with Crippen molar-refractivity contribution in [2.45, 2.75) is 26.7 Å². The van der Waals surface area contributed by atoms with E-state index in [9.17, 15) is 4.39 Å². The van der Waals surface area contributed by atoms with Gasteiger partial charge in [0, 0.05) is 5.56 Å². The minimum absolute atomic E-state index is 0.256. The van der Waals surface area contributed by atoms with Crippen molar-refractivity contribution in [3.63, 3.8) is 0 Å². The Morgan fingerprint density at radius 2 is 2.00 bits per heavy atom. The molecule has 0 aliphatic rings. The van der Waals surface area contributed by atoms with E-state index in [2.05, 4.69) is 29.0 Å². The number of H-pyrrole nitrogens is 1. The molecule has 1 N–H and O–H groups in total. The van der Waals surface area contributed by atoms with Crippen LogP contribution in [-0.2, 0) is 0 Å². The fraction of sp³-hybridized carbons (Fsp3) is 0.333. The largest absolute Gasteiger partial charge is 0.325 e. The fourth-order valence-electron chi connectivity index (χ4n) is 1.70. The molecular weight excluding hydrogens is 205 g/mol. The molecule has 84 valence electrons. The van der Waals surface area contributed by atoms with Gasteiger partial charge in [-0.05, 0) is 30.5 Å². The monoisotopic (exact) mass is 219 g/mol. The van der Waals surface area contributed by atoms with E-state index >= 15 is 0 Å². The number of nitrogens with zero attached hydrogens (tertiary/aromatic N) is 2. The van der Waals surface area contributed by atoms with E-state index in [1.807, 2.05) is 6.92 Å². The van der Waals surface area contributed by atoms with E-state index in [0.29, 0.717) is 11.7 Å². The summed E-state index contributed by atoms with van der Waals surface area (Å²) in [7, 11) is 0. The highest BCUT2D eigenvalue weighted by Crippen LogP contribution is 2.27. The summed E-state index contributed by atoms with van der Waals surface area (Å²) in [6, 6.07) is 4.77. The first-order valence-corrected chi connectivity index (χ1v) is 5.27. The SMILES string of the molecule is Cc1nnc(-c2cc(F)ccc2C(C)C)[nH]1. The number of benzene rings is 1. The molecule has 2 rings (SSSR count). The second-order valence-electron chi connectivity index (χ2n) is 4.15. The summed E-state index contributed by atoms with van der Waals surface area (Å²) >= 11 is 0. The van der Waals surface area contributed by atoms with Crippen molar-refractivity contribution in [2.75, 3.05) is 0 Å². The van der Waals surface area contributed by atoms with Gasteiger partial charge in [-0.1, -0.05) is 19.9 Å². The molecule has 0 bridgehead atoms. The van der Waals surface area contributed by atoms with E-state index in [0.717, 1.165) is 17.0 Å². The molecule has 0 saturated carbocycles. The smallest absolute Gasteiger partial charge is 0.161 e. The number of hydrogen-bond acceptors (Lipinski definition) is 2. The molecule has 0 aliphatic carbocycles. The Labute approximate surface area is 93.7 Å². The Hall–Kier alpha value is -1.71. The molecular formula is C12H14FN3. The normalized spacial score (nSPS) is 11.1. The van der Waals surface area contributed by atoms with Gasteiger partial charge in [0.2, 0.25) is 0 Å². The highest BCUT2D eigenvalue weighted by atomic mass is 19.1. The van der Waals surface area contributed by atoms with Crippen molar-refractivity contribution in [3.05, 3.63) is 35.4 Å². The van der Waals surface area contributed by atoms with Gasteiger partial charge in [0.25, 0.3) is 0 Å². The molecule has 0 amide bonds. The van der Waals surface area contributed by atoms with Gasteiger partial charge in [-0.25, -0.2) is 4.39 Å². The third-order valence-corrected chi connectivity index (χ3v) is 2.49. The Morgan fingerprint density at radius 3 is 2.56 bits per heavy atom. The third-order valence-electron chi connectivity index (χ3n) is 2.49. The van der Waals surface area contributed by atoms with Crippen molar-refractivity contribution >= 4 is 0 Å². The number of hydrogen-bond donors (Lipinski definition) is 1. The van der Waals surface area contributed by atoms with Crippen LogP contribution < -0.4 is 0 Å². The third kappa shape index (κ3) is 1.96. The Kier molecular flexibility index (Phi) is 2.73. The molecule has 4 heteroatoms. The lowest BCUT2D eigenvalue weighted by Crippen LogP contribution is -1.95. The van der Waals surface area contributed by atoms with Gasteiger partial charge < -0.3 is 4.98 Å². The lowest BCUT2D eigenvalue weighted by atomic mass is 9.97. The topological polar surface area (TPSA) is 41.6 Å². The van der Waals surface area contributed by atoms with E-state index in [1.54, 1.807) is 6.07 Å². The molecule has 0 aliphatic heterocycles. The lowest BCUT2D eigenvalue weighted by Gasteiger charge is -2.10. The average molecular weight is 219 g/mol. The van der Waals surface area contributed by atoms with Crippen LogP contribution in [0.3, 0.4) is 0 Å². The average Bonchev–Trinajstić information content (AvgIpc) is 2.64. The predicted octanol–water partition coefficient (Wildman–Crippen LogP) is 3.04. The van der Waals surface area contributed by atoms with Crippen LogP contribution in [0.5, 0.6) is 0 Å². The summed E-state index contributed by atoms with van der Waals surface area (Å²) in [6.07, 6.45) is 0. The first kappa shape index (κ1) is 10.8. The molecule has 1 aromatic carbocycles. The summed E-state index contributed by atoms with van der Waals surface area (Å²) in [5, 5.41) is 7.89. The maximum absolute atomic E-state index is 13.2. The molecule has 0 atom stereocenters. The zero-order valence-corrected chi connectivity index (χ0v) is 9.58. The molecule has 0 fully saturated rings. The van der Waals surface area contributed by atoms with Crippen LogP contribution in [-0.4, -0.2) is 15.2 Å². The Morgan fingerprint density at radius 1 is 1.25 bits per heavy atom. The maximum Gasteiger partial charge on any atom is 0.161 e. The van der Waals surface area contributed by atoms with Crippen molar-refractivity contribution in [3.8, 4) is 11.4 Å². The second kappa shape index (κ2) is 4.04. The zero-order valence-electron chi connectivity index (χ0n) is 9.58. The molecule has 16 heavy (non-hydrogen) atoms. The van der Waals surface area contributed by atoms with Crippen LogP contribution in [0.4, 0.5) is 4.39 Å². The summed E-state index contributed by atoms with van der Waals surface area (Å²) < 4.78 is 13.2. The number of nitrogens with one attached hydrogen (secondary N) is 1. The van der Waals surface area contributed by atoms with E-state index in [1.165, 1.54) is 12.1 Å². The number of halogens is 1. The first-order chi connectivity index (χ1) is 7.58. The summed E-state index contributed by atoms with van der Waals surface area (Å²) in [6.45, 7) is 5.96. The molecule has 1 aromatic heterocycles. The van der Waals surface area contributed by atoms with Gasteiger partial charge in [-0.15, -0.1) is 10.2 Å². The molecule has 3 nitrogen and oxygen atoms in total. The van der Waals surface area contributed by atoms with Gasteiger partial charge in [0.1, 0.15) is 11.6 Å². The molecule has 0 spiro atoms. The van der Waals surface area contributed by atoms with Gasteiger partial charge >= 0.3 is 0 Å². The van der Waals surface area contributed by atoms with Crippen molar-refractivity contribution in [2.24, 2.45) is 0 Å². The van der Waals surface area contributed by atoms with Crippen LogP contribution in [0.2, 0.25) is 0 Å². The van der Waals surface area contributed by atoms with Crippen molar-refractivity contribution in [1.29, 1.82) is 0 Å². The summed E-state index contributed by atoms with van der Waals surface area (Å²) in [5.41, 5.74) is 1.85. The number of rotatable bonds is 2. The van der Waals surface area contributed by atoms with Crippen LogP contribution in [0, 0.1) is 12.7 Å². The highest BCUT2D eigenvalue weighted by Gasteiger charge is 2.12. The summed E-state index contributed by atoms with van der Waals surface area (Å²) in [4.78, 5) is 3.03. The standard InChI is InChI=1S/C12H14FN3/c1-7(2)10-5-4-9(13)6-11(10)12-14-8(3)15-16-12/h4-7H,1-3H3,(H,14,15,16). The Bertz CT molecular complexity index is 503. The molecule has 1 heterocycles. The van der Waals surface area contributed by atoms with Crippen molar-refractivity contribution in [1.82, 2.24) is 15.2 Å². The molecule has 0 unspecified atom stereocenters. The fourth-order valence-corrected chi connectivity index (χ4v) is 1.70. The predicted molar refractivity (Wildman–Crippen MR) is 60.6 cm³/mol. The van der Waals surface area contributed by atoms with Crippen LogP contribution >= 0.6 is 0 Å². The van der Waals surface area contributed by atoms with Gasteiger partial charge in [0.15, 0.2) is 5.82 Å². The number of aromatic nitrogens is 3. The van der Waals surface area contributed by atoms with E-state index in [-0.39, 0.29) is 5.82 Å². The molecule has 0 radical (unpaired) electrons. The maximum atomic E-state index is 13.2. The zero-order chi connectivity index (χ0) is 11.7. The van der Waals surface area contributed by atoms with Crippen LogP contribution in [0.15, 0.2) is 18.2 Å². The molecule has 2 aromatic rings. The minimum Gasteiger partial charge on any atom is -0.325 e. The quantitative estimate of drug-likeness (QED) is 0.843. The molecule has 0 saturated heterocycles. The lowest BCUT2D eigenvalue weighted by molar-refractivity contribution is 0.626. The van der Waals surface area contributed by atoms with E-state index < -0.39 is 0 Å². The van der Waals surface area contributed by atoms with Crippen LogP contribution in [0.25, 0.3) is 11.4 Å². The van der Waals surface area contributed by atoms with Crippen molar-refractivity contribution < 1.29 is 4.39 Å². The minimum atomic E-state index is -0.256. The number of aryl methyl sites for hydroxylation is 1. The van der Waals surface area contributed by atoms with Gasteiger partial charge in [-0.2, -0.15) is 0 Å². The summed E-state index contributed by atoms with van der Waals surface area (Å²) in [5.74, 6) is 1.42.